The lowest BCUT2D eigenvalue weighted by Crippen LogP contribution is -2.45. The summed E-state index contributed by atoms with van der Waals surface area (Å²) < 4.78 is 0. The molecule has 1 N–H and O–H groups in total. The fraction of sp³-hybridized carbons (Fsp3) is 1.00. The van der Waals surface area contributed by atoms with Crippen LogP contribution in [-0.2, 0) is 0 Å². The molecule has 3 fully saturated rings. The van der Waals surface area contributed by atoms with E-state index in [0.717, 1.165) is 5.92 Å². The molecule has 2 heterocycles. The summed E-state index contributed by atoms with van der Waals surface area (Å²) in [5, 5.41) is 3.55. The Hall–Kier alpha value is -0.0800. The first-order valence-corrected chi connectivity index (χ1v) is 6.29. The van der Waals surface area contributed by atoms with Gasteiger partial charge in [-0.05, 0) is 56.5 Å². The number of likely N-dealkylation sites (tertiary alicyclic amines) is 1. The van der Waals surface area contributed by atoms with E-state index in [4.69, 9.17) is 0 Å². The highest BCUT2D eigenvalue weighted by Crippen LogP contribution is 2.37. The molecular weight excluding hydrogens is 172 g/mol. The maximum absolute atomic E-state index is 3.55. The lowest BCUT2D eigenvalue weighted by Gasteiger charge is -2.40. The average Bonchev–Trinajstić information content (AvgIpc) is 2.88. The molecule has 0 amide bonds. The van der Waals surface area contributed by atoms with Crippen molar-refractivity contribution in [1.29, 1.82) is 0 Å². The SMILES string of the molecule is C1CN(CC2CC2)CC2(C1)CCNC2. The van der Waals surface area contributed by atoms with Crippen LogP contribution >= 0.6 is 0 Å². The predicted octanol–water partition coefficient (Wildman–Crippen LogP) is 1.47. The van der Waals surface area contributed by atoms with Crippen LogP contribution in [0.3, 0.4) is 0 Å². The van der Waals surface area contributed by atoms with Crippen molar-refractivity contribution in [3.8, 4) is 0 Å². The quantitative estimate of drug-likeness (QED) is 0.716. The van der Waals surface area contributed by atoms with E-state index in [2.05, 4.69) is 10.2 Å². The summed E-state index contributed by atoms with van der Waals surface area (Å²) in [4.78, 5) is 2.74. The normalized spacial score (nSPS) is 39.4. The molecule has 2 heteroatoms. The zero-order valence-electron chi connectivity index (χ0n) is 9.10. The zero-order chi connectivity index (χ0) is 9.43. The van der Waals surface area contributed by atoms with Crippen molar-refractivity contribution in [3.63, 3.8) is 0 Å². The van der Waals surface area contributed by atoms with Gasteiger partial charge in [-0.3, -0.25) is 0 Å². The van der Waals surface area contributed by atoms with Gasteiger partial charge in [-0.2, -0.15) is 0 Å². The highest BCUT2D eigenvalue weighted by atomic mass is 15.2. The molecule has 80 valence electrons. The van der Waals surface area contributed by atoms with Gasteiger partial charge in [-0.25, -0.2) is 0 Å². The first kappa shape index (κ1) is 9.17. The molecule has 1 unspecified atom stereocenters. The molecule has 2 saturated heterocycles. The molecule has 1 spiro atoms. The topological polar surface area (TPSA) is 15.3 Å². The first-order valence-electron chi connectivity index (χ1n) is 6.29. The summed E-state index contributed by atoms with van der Waals surface area (Å²) >= 11 is 0. The summed E-state index contributed by atoms with van der Waals surface area (Å²) in [5.74, 6) is 1.07. The van der Waals surface area contributed by atoms with Gasteiger partial charge in [-0.1, -0.05) is 0 Å². The van der Waals surface area contributed by atoms with Gasteiger partial charge in [0.1, 0.15) is 0 Å². The molecule has 2 nitrogen and oxygen atoms in total. The monoisotopic (exact) mass is 194 g/mol. The van der Waals surface area contributed by atoms with Crippen LogP contribution in [0.1, 0.15) is 32.1 Å². The number of piperidine rings is 1. The minimum atomic E-state index is 0.674. The third-order valence-corrected chi connectivity index (χ3v) is 4.29. The van der Waals surface area contributed by atoms with Gasteiger partial charge < -0.3 is 10.2 Å². The summed E-state index contributed by atoms with van der Waals surface area (Å²) in [6, 6.07) is 0. The van der Waals surface area contributed by atoms with Crippen LogP contribution < -0.4 is 5.32 Å². The Morgan fingerprint density at radius 1 is 1.29 bits per heavy atom. The van der Waals surface area contributed by atoms with Crippen LogP contribution in [0.15, 0.2) is 0 Å². The number of hydrogen-bond donors (Lipinski definition) is 1. The van der Waals surface area contributed by atoms with Gasteiger partial charge in [0.15, 0.2) is 0 Å². The predicted molar refractivity (Wildman–Crippen MR) is 58.3 cm³/mol. The molecule has 2 aliphatic heterocycles. The van der Waals surface area contributed by atoms with Crippen molar-refractivity contribution in [2.75, 3.05) is 32.7 Å². The van der Waals surface area contributed by atoms with Crippen LogP contribution in [0.25, 0.3) is 0 Å². The largest absolute Gasteiger partial charge is 0.316 e. The second-order valence-electron chi connectivity index (χ2n) is 5.71. The summed E-state index contributed by atoms with van der Waals surface area (Å²) in [6.07, 6.45) is 7.34. The van der Waals surface area contributed by atoms with E-state index in [1.54, 1.807) is 0 Å². The molecule has 3 rings (SSSR count). The van der Waals surface area contributed by atoms with Crippen molar-refractivity contribution in [2.45, 2.75) is 32.1 Å². The Balaban J connectivity index is 1.59. The molecule has 0 bridgehead atoms. The number of nitrogens with zero attached hydrogens (tertiary/aromatic N) is 1. The van der Waals surface area contributed by atoms with E-state index in [0.29, 0.717) is 5.41 Å². The molecule has 14 heavy (non-hydrogen) atoms. The van der Waals surface area contributed by atoms with E-state index in [-0.39, 0.29) is 0 Å². The Labute approximate surface area is 87.0 Å². The van der Waals surface area contributed by atoms with Gasteiger partial charge in [-0.15, -0.1) is 0 Å². The van der Waals surface area contributed by atoms with Crippen LogP contribution in [0, 0.1) is 11.3 Å². The van der Waals surface area contributed by atoms with Crippen molar-refractivity contribution in [2.24, 2.45) is 11.3 Å². The third-order valence-electron chi connectivity index (χ3n) is 4.29. The van der Waals surface area contributed by atoms with E-state index in [1.807, 2.05) is 0 Å². The number of nitrogens with one attached hydrogen (secondary N) is 1. The highest BCUT2D eigenvalue weighted by Gasteiger charge is 2.38. The fourth-order valence-corrected chi connectivity index (χ4v) is 3.28. The Bertz CT molecular complexity index is 204. The number of hydrogen-bond acceptors (Lipinski definition) is 2. The standard InChI is InChI=1S/C12H22N2/c1-4-12(5-6-13-9-12)10-14(7-1)8-11-2-3-11/h11,13H,1-10H2. The molecule has 3 aliphatic rings. The van der Waals surface area contributed by atoms with Crippen molar-refractivity contribution in [3.05, 3.63) is 0 Å². The van der Waals surface area contributed by atoms with Crippen LogP contribution in [0.5, 0.6) is 0 Å². The fourth-order valence-electron chi connectivity index (χ4n) is 3.28. The van der Waals surface area contributed by atoms with Gasteiger partial charge in [0, 0.05) is 19.6 Å². The molecular formula is C12H22N2. The van der Waals surface area contributed by atoms with Gasteiger partial charge >= 0.3 is 0 Å². The average molecular weight is 194 g/mol. The molecule has 0 aromatic carbocycles. The third kappa shape index (κ3) is 1.82. The van der Waals surface area contributed by atoms with E-state index < -0.39 is 0 Å². The Kier molecular flexibility index (Phi) is 2.29. The molecule has 0 aromatic heterocycles. The van der Waals surface area contributed by atoms with Crippen LogP contribution in [0.2, 0.25) is 0 Å². The first-order chi connectivity index (χ1) is 6.86. The lowest BCUT2D eigenvalue weighted by atomic mass is 9.79. The summed E-state index contributed by atoms with van der Waals surface area (Å²) in [6.45, 7) is 6.71. The highest BCUT2D eigenvalue weighted by molar-refractivity contribution is 4.94. The summed E-state index contributed by atoms with van der Waals surface area (Å²) in [7, 11) is 0. The number of rotatable bonds is 2. The maximum atomic E-state index is 3.55. The van der Waals surface area contributed by atoms with Crippen molar-refractivity contribution in [1.82, 2.24) is 10.2 Å². The van der Waals surface area contributed by atoms with Crippen molar-refractivity contribution >= 4 is 0 Å². The Morgan fingerprint density at radius 2 is 2.21 bits per heavy atom. The van der Waals surface area contributed by atoms with Crippen molar-refractivity contribution < 1.29 is 0 Å². The molecule has 0 radical (unpaired) electrons. The second kappa shape index (κ2) is 3.49. The molecule has 0 aromatic rings. The molecule has 1 aliphatic carbocycles. The molecule has 1 atom stereocenters. The minimum absolute atomic E-state index is 0.674. The smallest absolute Gasteiger partial charge is 0.00507 e. The minimum Gasteiger partial charge on any atom is -0.316 e. The van der Waals surface area contributed by atoms with Gasteiger partial charge in [0.2, 0.25) is 0 Å². The maximum Gasteiger partial charge on any atom is 0.00507 e. The Morgan fingerprint density at radius 3 is 2.93 bits per heavy atom. The van der Waals surface area contributed by atoms with Gasteiger partial charge in [0.25, 0.3) is 0 Å². The van der Waals surface area contributed by atoms with Gasteiger partial charge in [0.05, 0.1) is 0 Å². The van der Waals surface area contributed by atoms with Crippen LogP contribution in [0.4, 0.5) is 0 Å². The zero-order valence-corrected chi connectivity index (χ0v) is 9.10. The van der Waals surface area contributed by atoms with E-state index in [9.17, 15) is 0 Å². The van der Waals surface area contributed by atoms with E-state index >= 15 is 0 Å². The molecule has 1 saturated carbocycles. The lowest BCUT2D eigenvalue weighted by molar-refractivity contribution is 0.0997. The summed E-state index contributed by atoms with van der Waals surface area (Å²) in [5.41, 5.74) is 0.674. The van der Waals surface area contributed by atoms with Crippen LogP contribution in [-0.4, -0.2) is 37.6 Å². The second-order valence-corrected chi connectivity index (χ2v) is 5.71. The van der Waals surface area contributed by atoms with E-state index in [1.165, 1.54) is 64.8 Å².